The predicted molar refractivity (Wildman–Crippen MR) is 131 cm³/mol. The van der Waals surface area contributed by atoms with Crippen molar-refractivity contribution in [3.63, 3.8) is 0 Å². The number of fused-ring (bicyclic) bond motifs is 3. The molecule has 2 aliphatic carbocycles. The van der Waals surface area contributed by atoms with Crippen LogP contribution in [0.15, 0.2) is 54.7 Å². The molecule has 1 aromatic heterocycles. The van der Waals surface area contributed by atoms with E-state index >= 15 is 0 Å². The van der Waals surface area contributed by atoms with Gasteiger partial charge in [-0.05, 0) is 41.5 Å². The summed E-state index contributed by atoms with van der Waals surface area (Å²) in [5.41, 5.74) is 3.57. The van der Waals surface area contributed by atoms with E-state index in [0.29, 0.717) is 24.4 Å². The molecule has 0 aliphatic heterocycles. The Kier molecular flexibility index (Phi) is 6.02. The van der Waals surface area contributed by atoms with E-state index in [0.717, 1.165) is 27.1 Å². The molecule has 1 fully saturated rings. The summed E-state index contributed by atoms with van der Waals surface area (Å²) < 4.78 is 5.55. The van der Waals surface area contributed by atoms with E-state index in [1.165, 1.54) is 16.2 Å². The molecular formula is C26H25N3O5S. The molecule has 0 atom stereocenters. The minimum atomic E-state index is -1.04. The molecule has 0 radical (unpaired) electrons. The molecule has 0 saturated heterocycles. The van der Waals surface area contributed by atoms with E-state index in [4.69, 9.17) is 4.74 Å². The van der Waals surface area contributed by atoms with Crippen LogP contribution in [0.4, 0.5) is 9.93 Å². The average Bonchev–Trinajstić information content (AvgIpc) is 3.47. The van der Waals surface area contributed by atoms with Gasteiger partial charge in [-0.3, -0.25) is 10.1 Å². The summed E-state index contributed by atoms with van der Waals surface area (Å²) in [4.78, 5) is 42.7. The number of hydrogen-bond donors (Lipinski definition) is 2. The summed E-state index contributed by atoms with van der Waals surface area (Å²) in [6.07, 6.45) is 2.60. The van der Waals surface area contributed by atoms with Crippen molar-refractivity contribution in [1.82, 2.24) is 9.88 Å². The van der Waals surface area contributed by atoms with E-state index in [1.807, 2.05) is 24.3 Å². The van der Waals surface area contributed by atoms with Crippen LogP contribution in [0.2, 0.25) is 0 Å². The zero-order valence-electron chi connectivity index (χ0n) is 19.2. The van der Waals surface area contributed by atoms with Crippen LogP contribution in [0.5, 0.6) is 0 Å². The van der Waals surface area contributed by atoms with Gasteiger partial charge in [-0.1, -0.05) is 48.5 Å². The summed E-state index contributed by atoms with van der Waals surface area (Å²) in [6, 6.07) is 16.3. The van der Waals surface area contributed by atoms with Gasteiger partial charge in [-0.2, -0.15) is 0 Å². The number of rotatable bonds is 8. The Morgan fingerprint density at radius 1 is 1.11 bits per heavy atom. The standard InChI is InChI=1S/C26H25N3O5S/c1-29(26(12-13-26)23(31)32)22(30)11-10-16-14-27-24(35-16)28-25(33)34-15-21-19-8-4-2-6-17(19)18-7-3-5-9-20(18)21/h2-9,14,21H,10-13,15H2,1H3,(H,31,32)(H,27,28,33). The second-order valence-corrected chi connectivity index (χ2v) is 9.99. The number of thiazole rings is 1. The molecule has 0 bridgehead atoms. The van der Waals surface area contributed by atoms with Crippen LogP contribution in [0, 0.1) is 0 Å². The first kappa shape index (κ1) is 23.0. The molecule has 8 nitrogen and oxygen atoms in total. The van der Waals surface area contributed by atoms with Crippen molar-refractivity contribution < 1.29 is 24.2 Å². The number of ether oxygens (including phenoxy) is 1. The van der Waals surface area contributed by atoms with Crippen LogP contribution in [-0.4, -0.2) is 52.2 Å². The molecule has 9 heteroatoms. The Balaban J connectivity index is 1.14. The lowest BCUT2D eigenvalue weighted by Crippen LogP contribution is -2.44. The largest absolute Gasteiger partial charge is 0.479 e. The Morgan fingerprint density at radius 2 is 1.74 bits per heavy atom. The molecule has 35 heavy (non-hydrogen) atoms. The van der Waals surface area contributed by atoms with Gasteiger partial charge in [0, 0.05) is 30.5 Å². The maximum absolute atomic E-state index is 12.5. The van der Waals surface area contributed by atoms with E-state index in [9.17, 15) is 19.5 Å². The highest BCUT2D eigenvalue weighted by molar-refractivity contribution is 7.15. The molecule has 2 aromatic carbocycles. The van der Waals surface area contributed by atoms with Gasteiger partial charge < -0.3 is 14.7 Å². The first-order chi connectivity index (χ1) is 16.9. The van der Waals surface area contributed by atoms with Gasteiger partial charge in [-0.15, -0.1) is 11.3 Å². The van der Waals surface area contributed by atoms with Gasteiger partial charge in [-0.25, -0.2) is 14.6 Å². The number of carbonyl (C=O) groups is 3. The first-order valence-electron chi connectivity index (χ1n) is 11.5. The van der Waals surface area contributed by atoms with Crippen molar-refractivity contribution in [2.45, 2.75) is 37.1 Å². The second-order valence-electron chi connectivity index (χ2n) is 8.87. The van der Waals surface area contributed by atoms with Crippen molar-refractivity contribution in [3.05, 3.63) is 70.7 Å². The topological polar surface area (TPSA) is 109 Å². The number of nitrogens with one attached hydrogen (secondary N) is 1. The lowest BCUT2D eigenvalue weighted by Gasteiger charge is -2.24. The molecule has 1 saturated carbocycles. The highest BCUT2D eigenvalue weighted by Gasteiger charge is 2.55. The number of nitrogens with zero attached hydrogens (tertiary/aromatic N) is 2. The number of hydrogen-bond acceptors (Lipinski definition) is 6. The van der Waals surface area contributed by atoms with Crippen LogP contribution in [0.1, 0.15) is 41.2 Å². The number of amides is 2. The van der Waals surface area contributed by atoms with E-state index < -0.39 is 17.6 Å². The SMILES string of the molecule is CN(C(=O)CCc1cnc(NC(=O)OCC2c3ccccc3-c3ccccc32)s1)C1(C(=O)O)CC1. The van der Waals surface area contributed by atoms with Crippen molar-refractivity contribution in [1.29, 1.82) is 0 Å². The highest BCUT2D eigenvalue weighted by Crippen LogP contribution is 2.44. The van der Waals surface area contributed by atoms with Crippen molar-refractivity contribution in [2.24, 2.45) is 0 Å². The van der Waals surface area contributed by atoms with Gasteiger partial charge in [0.15, 0.2) is 5.13 Å². The number of benzene rings is 2. The summed E-state index contributed by atoms with van der Waals surface area (Å²) >= 11 is 1.27. The van der Waals surface area contributed by atoms with Crippen LogP contribution in [0.25, 0.3) is 11.1 Å². The molecule has 5 rings (SSSR count). The molecule has 0 unspecified atom stereocenters. The fourth-order valence-electron chi connectivity index (χ4n) is 4.65. The van der Waals surface area contributed by atoms with E-state index in [1.54, 1.807) is 13.2 Å². The fraction of sp³-hybridized carbons (Fsp3) is 0.308. The zero-order valence-corrected chi connectivity index (χ0v) is 20.0. The van der Waals surface area contributed by atoms with E-state index in [-0.39, 0.29) is 24.9 Å². The number of likely N-dealkylation sites (N-methyl/N-ethyl adjacent to an activating group) is 1. The lowest BCUT2D eigenvalue weighted by atomic mass is 9.98. The third-order valence-electron chi connectivity index (χ3n) is 6.83. The minimum Gasteiger partial charge on any atom is -0.479 e. The summed E-state index contributed by atoms with van der Waals surface area (Å²) in [6.45, 7) is 0.213. The lowest BCUT2D eigenvalue weighted by molar-refractivity contribution is -0.151. The smallest absolute Gasteiger partial charge is 0.413 e. The maximum atomic E-state index is 12.5. The number of carboxylic acid groups (broad SMARTS) is 1. The van der Waals surface area contributed by atoms with Crippen LogP contribution >= 0.6 is 11.3 Å². The van der Waals surface area contributed by atoms with Gasteiger partial charge in [0.2, 0.25) is 5.91 Å². The summed E-state index contributed by atoms with van der Waals surface area (Å²) in [5.74, 6) is -1.20. The zero-order chi connectivity index (χ0) is 24.6. The van der Waals surface area contributed by atoms with Crippen molar-refractivity contribution in [3.8, 4) is 11.1 Å². The quantitative estimate of drug-likeness (QED) is 0.480. The van der Waals surface area contributed by atoms with Gasteiger partial charge in [0.05, 0.1) is 0 Å². The second kappa shape index (κ2) is 9.14. The molecule has 2 N–H and O–H groups in total. The van der Waals surface area contributed by atoms with Crippen molar-refractivity contribution in [2.75, 3.05) is 19.0 Å². The minimum absolute atomic E-state index is 0.0245. The molecule has 2 amide bonds. The number of carboxylic acids is 1. The average molecular weight is 492 g/mol. The third kappa shape index (κ3) is 4.39. The Bertz CT molecular complexity index is 1250. The monoisotopic (exact) mass is 491 g/mol. The summed E-state index contributed by atoms with van der Waals surface area (Å²) in [5, 5.41) is 12.4. The molecule has 180 valence electrons. The van der Waals surface area contributed by atoms with E-state index in [2.05, 4.69) is 34.6 Å². The van der Waals surface area contributed by atoms with Gasteiger partial charge >= 0.3 is 12.1 Å². The molecule has 0 spiro atoms. The molecule has 1 heterocycles. The molecule has 2 aliphatic rings. The Hall–Kier alpha value is -3.72. The molecular weight excluding hydrogens is 466 g/mol. The van der Waals surface area contributed by atoms with Crippen LogP contribution < -0.4 is 5.32 Å². The normalized spacial score (nSPS) is 15.1. The first-order valence-corrected chi connectivity index (χ1v) is 12.3. The Labute approximate surface area is 206 Å². The summed E-state index contributed by atoms with van der Waals surface area (Å²) in [7, 11) is 1.54. The van der Waals surface area contributed by atoms with Gasteiger partial charge in [0.25, 0.3) is 0 Å². The third-order valence-corrected chi connectivity index (χ3v) is 7.80. The fourth-order valence-corrected chi connectivity index (χ4v) is 5.45. The number of carbonyl (C=O) groups excluding carboxylic acids is 2. The van der Waals surface area contributed by atoms with Crippen LogP contribution in [-0.2, 0) is 20.7 Å². The molecule has 3 aromatic rings. The number of anilines is 1. The van der Waals surface area contributed by atoms with Crippen LogP contribution in [0.3, 0.4) is 0 Å². The van der Waals surface area contributed by atoms with Crippen molar-refractivity contribution >= 4 is 34.4 Å². The number of aliphatic carboxylic acids is 1. The number of aromatic nitrogens is 1. The predicted octanol–water partition coefficient (Wildman–Crippen LogP) is 4.51. The Morgan fingerprint density at radius 3 is 2.34 bits per heavy atom. The van der Waals surface area contributed by atoms with Gasteiger partial charge in [0.1, 0.15) is 12.1 Å². The highest BCUT2D eigenvalue weighted by atomic mass is 32.1. The maximum Gasteiger partial charge on any atom is 0.413 e. The number of aryl methyl sites for hydroxylation is 1.